The van der Waals surface area contributed by atoms with E-state index in [1.54, 1.807) is 18.2 Å². The van der Waals surface area contributed by atoms with Gasteiger partial charge in [0.1, 0.15) is 6.54 Å². The largest absolute Gasteiger partial charge is 0.461 e. The number of carbonyl (C=O) groups is 1. The summed E-state index contributed by atoms with van der Waals surface area (Å²) in [5, 5.41) is 13.6. The van der Waals surface area contributed by atoms with Crippen LogP contribution in [0.1, 0.15) is 9.67 Å². The molecule has 0 saturated carbocycles. The van der Waals surface area contributed by atoms with E-state index < -0.39 is 0 Å². The molecule has 3 aromatic heterocycles. The number of aromatic nitrogens is 4. The summed E-state index contributed by atoms with van der Waals surface area (Å²) in [6.45, 7) is 0.0776. The normalized spacial score (nSPS) is 10.7. The molecule has 3 aromatic rings. The minimum absolute atomic E-state index is 0.0339. The van der Waals surface area contributed by atoms with Gasteiger partial charge in [0.25, 0.3) is 0 Å². The van der Waals surface area contributed by atoms with Gasteiger partial charge in [0.05, 0.1) is 11.1 Å². The summed E-state index contributed by atoms with van der Waals surface area (Å²) in [5.74, 6) is 0.872. The summed E-state index contributed by atoms with van der Waals surface area (Å²) in [4.78, 5) is 13.8. The molecular formula is C11H8N4O2S. The summed E-state index contributed by atoms with van der Waals surface area (Å²) in [6, 6.07) is 7.09. The van der Waals surface area contributed by atoms with Gasteiger partial charge in [0, 0.05) is 0 Å². The first kappa shape index (κ1) is 10.8. The predicted octanol–water partition coefficient (Wildman–Crippen LogP) is 1.88. The number of thiophene rings is 1. The van der Waals surface area contributed by atoms with Crippen molar-refractivity contribution in [1.29, 1.82) is 0 Å². The minimum Gasteiger partial charge on any atom is -0.461 e. The van der Waals surface area contributed by atoms with Crippen LogP contribution in [0.3, 0.4) is 0 Å². The molecule has 0 atom stereocenters. The lowest BCUT2D eigenvalue weighted by Crippen LogP contribution is -2.12. The zero-order valence-electron chi connectivity index (χ0n) is 9.18. The molecule has 0 radical (unpaired) electrons. The third kappa shape index (κ3) is 2.07. The molecule has 0 aromatic carbocycles. The highest BCUT2D eigenvalue weighted by Gasteiger charge is 2.12. The van der Waals surface area contributed by atoms with Crippen LogP contribution < -0.4 is 0 Å². The first-order chi connectivity index (χ1) is 8.83. The Hall–Kier alpha value is -2.28. The third-order valence-corrected chi connectivity index (χ3v) is 3.19. The first-order valence-electron chi connectivity index (χ1n) is 5.21. The fraction of sp³-hybridized carbons (Fsp3) is 0.0909. The Morgan fingerprint density at radius 3 is 3.06 bits per heavy atom. The fourth-order valence-corrected chi connectivity index (χ4v) is 2.12. The highest BCUT2D eigenvalue weighted by Crippen LogP contribution is 2.14. The second-order valence-corrected chi connectivity index (χ2v) is 4.47. The first-order valence-corrected chi connectivity index (χ1v) is 6.09. The SMILES string of the molecule is O=C(Cn1nnc(-c2ccco2)n1)c1cccs1. The molecule has 0 aliphatic heterocycles. The van der Waals surface area contributed by atoms with E-state index in [0.29, 0.717) is 16.5 Å². The van der Waals surface area contributed by atoms with Crippen molar-refractivity contribution < 1.29 is 9.21 Å². The van der Waals surface area contributed by atoms with Gasteiger partial charge in [0.15, 0.2) is 11.5 Å². The summed E-state index contributed by atoms with van der Waals surface area (Å²) < 4.78 is 5.15. The third-order valence-electron chi connectivity index (χ3n) is 2.28. The maximum atomic E-state index is 11.8. The van der Waals surface area contributed by atoms with Gasteiger partial charge < -0.3 is 4.42 Å². The molecule has 0 aliphatic carbocycles. The van der Waals surface area contributed by atoms with Crippen LogP contribution in [0, 0.1) is 0 Å². The molecule has 18 heavy (non-hydrogen) atoms. The summed E-state index contributed by atoms with van der Waals surface area (Å²) in [5.41, 5.74) is 0. The quantitative estimate of drug-likeness (QED) is 0.669. The molecule has 0 fully saturated rings. The van der Waals surface area contributed by atoms with Crippen molar-refractivity contribution in [2.75, 3.05) is 0 Å². The zero-order chi connectivity index (χ0) is 12.4. The predicted molar refractivity (Wildman–Crippen MR) is 64.2 cm³/mol. The molecule has 0 aliphatic rings. The monoisotopic (exact) mass is 260 g/mol. The van der Waals surface area contributed by atoms with Gasteiger partial charge in [-0.15, -0.1) is 21.5 Å². The Labute approximate surface area is 106 Å². The molecule has 7 heteroatoms. The summed E-state index contributed by atoms with van der Waals surface area (Å²) >= 11 is 1.40. The number of hydrogen-bond donors (Lipinski definition) is 0. The van der Waals surface area contributed by atoms with E-state index in [2.05, 4.69) is 15.4 Å². The summed E-state index contributed by atoms with van der Waals surface area (Å²) in [6.07, 6.45) is 1.53. The number of ketones is 1. The van der Waals surface area contributed by atoms with Crippen molar-refractivity contribution in [2.45, 2.75) is 6.54 Å². The Bertz CT molecular complexity index is 642. The Balaban J connectivity index is 1.76. The lowest BCUT2D eigenvalue weighted by molar-refractivity contribution is 0.0965. The van der Waals surface area contributed by atoms with Gasteiger partial charge in [-0.1, -0.05) is 6.07 Å². The average Bonchev–Trinajstić information content (AvgIpc) is 3.12. The lowest BCUT2D eigenvalue weighted by Gasteiger charge is -1.94. The molecular weight excluding hydrogens is 252 g/mol. The van der Waals surface area contributed by atoms with E-state index in [1.807, 2.05) is 11.4 Å². The van der Waals surface area contributed by atoms with Crippen molar-refractivity contribution in [2.24, 2.45) is 0 Å². The number of furan rings is 1. The molecule has 0 N–H and O–H groups in total. The number of carbonyl (C=O) groups excluding carboxylic acids is 1. The van der Waals surface area contributed by atoms with Gasteiger partial charge in [-0.25, -0.2) is 0 Å². The second kappa shape index (κ2) is 4.53. The second-order valence-electron chi connectivity index (χ2n) is 3.52. The molecule has 0 spiro atoms. The molecule has 0 amide bonds. The smallest absolute Gasteiger partial charge is 0.240 e. The highest BCUT2D eigenvalue weighted by atomic mass is 32.1. The van der Waals surface area contributed by atoms with Crippen molar-refractivity contribution in [1.82, 2.24) is 20.2 Å². The van der Waals surface area contributed by atoms with Crippen LogP contribution in [0.4, 0.5) is 0 Å². The van der Waals surface area contributed by atoms with E-state index in [1.165, 1.54) is 22.4 Å². The standard InChI is InChI=1S/C11H8N4O2S/c16-8(10-4-2-6-18-10)7-15-13-11(12-14-15)9-3-1-5-17-9/h1-6H,7H2. The molecule has 3 heterocycles. The Morgan fingerprint density at radius 2 is 2.33 bits per heavy atom. The van der Waals surface area contributed by atoms with E-state index in [9.17, 15) is 4.79 Å². The molecule has 90 valence electrons. The topological polar surface area (TPSA) is 73.8 Å². The summed E-state index contributed by atoms with van der Waals surface area (Å²) in [7, 11) is 0. The van der Waals surface area contributed by atoms with Crippen LogP contribution >= 0.6 is 11.3 Å². The Morgan fingerprint density at radius 1 is 1.39 bits per heavy atom. The van der Waals surface area contributed by atoms with E-state index in [0.717, 1.165) is 0 Å². The van der Waals surface area contributed by atoms with Crippen LogP contribution in [0.25, 0.3) is 11.6 Å². The van der Waals surface area contributed by atoms with Crippen LogP contribution in [0.2, 0.25) is 0 Å². The van der Waals surface area contributed by atoms with Gasteiger partial charge in [-0.2, -0.15) is 4.80 Å². The number of hydrogen-bond acceptors (Lipinski definition) is 6. The maximum absolute atomic E-state index is 11.8. The van der Waals surface area contributed by atoms with Gasteiger partial charge in [-0.3, -0.25) is 4.79 Å². The maximum Gasteiger partial charge on any atom is 0.240 e. The van der Waals surface area contributed by atoms with E-state index in [4.69, 9.17) is 4.42 Å². The van der Waals surface area contributed by atoms with Gasteiger partial charge in [-0.05, 0) is 28.8 Å². The highest BCUT2D eigenvalue weighted by molar-refractivity contribution is 7.12. The number of Topliss-reactive ketones (excluding diaryl/α,β-unsaturated/α-hetero) is 1. The van der Waals surface area contributed by atoms with Crippen LogP contribution in [0.5, 0.6) is 0 Å². The zero-order valence-corrected chi connectivity index (χ0v) is 10.0. The molecule has 3 rings (SSSR count). The molecule has 0 bridgehead atoms. The van der Waals surface area contributed by atoms with Crippen molar-refractivity contribution in [3.63, 3.8) is 0 Å². The lowest BCUT2D eigenvalue weighted by atomic mass is 10.3. The van der Waals surface area contributed by atoms with Crippen LogP contribution in [-0.4, -0.2) is 26.0 Å². The molecule has 0 unspecified atom stereocenters. The van der Waals surface area contributed by atoms with Gasteiger partial charge in [0.2, 0.25) is 5.82 Å². The van der Waals surface area contributed by atoms with Crippen LogP contribution in [-0.2, 0) is 6.54 Å². The number of nitrogens with zero attached hydrogens (tertiary/aromatic N) is 4. The molecule has 6 nitrogen and oxygen atoms in total. The number of rotatable bonds is 4. The molecule has 0 saturated heterocycles. The van der Waals surface area contributed by atoms with Crippen molar-refractivity contribution in [3.05, 3.63) is 40.8 Å². The van der Waals surface area contributed by atoms with E-state index in [-0.39, 0.29) is 12.3 Å². The van der Waals surface area contributed by atoms with E-state index >= 15 is 0 Å². The fourth-order valence-electron chi connectivity index (χ4n) is 1.46. The number of tetrazole rings is 1. The van der Waals surface area contributed by atoms with Crippen molar-refractivity contribution in [3.8, 4) is 11.6 Å². The Kier molecular flexibility index (Phi) is 2.73. The average molecular weight is 260 g/mol. The van der Waals surface area contributed by atoms with Gasteiger partial charge >= 0.3 is 0 Å². The minimum atomic E-state index is -0.0339. The van der Waals surface area contributed by atoms with Crippen LogP contribution in [0.15, 0.2) is 40.3 Å². The van der Waals surface area contributed by atoms with Crippen molar-refractivity contribution >= 4 is 17.1 Å².